The van der Waals surface area contributed by atoms with Gasteiger partial charge in [0.25, 0.3) is 11.8 Å². The van der Waals surface area contributed by atoms with Crippen LogP contribution in [-0.2, 0) is 40.4 Å². The lowest BCUT2D eigenvalue weighted by molar-refractivity contribution is -0.143. The summed E-state index contributed by atoms with van der Waals surface area (Å²) in [6.45, 7) is 0.989. The van der Waals surface area contributed by atoms with E-state index in [4.69, 9.17) is 14.2 Å². The van der Waals surface area contributed by atoms with Crippen molar-refractivity contribution in [3.8, 4) is 34.0 Å². The third-order valence-corrected chi connectivity index (χ3v) is 10.8. The van der Waals surface area contributed by atoms with Crippen LogP contribution in [0.5, 0.6) is 11.5 Å². The fourth-order valence-corrected chi connectivity index (χ4v) is 7.04. The Bertz CT molecular complexity index is 2870. The first-order valence-electron chi connectivity index (χ1n) is 22.2. The number of esters is 1. The monoisotopic (exact) mass is 918 g/mol. The van der Waals surface area contributed by atoms with Gasteiger partial charge >= 0.3 is 11.9 Å². The van der Waals surface area contributed by atoms with Gasteiger partial charge < -0.3 is 30.0 Å². The molecule has 0 saturated carbocycles. The quantitative estimate of drug-likeness (QED) is 0.0706. The van der Waals surface area contributed by atoms with Crippen LogP contribution in [0.25, 0.3) is 22.5 Å². The Kier molecular flexibility index (Phi) is 17.1. The van der Waals surface area contributed by atoms with Crippen LogP contribution in [-0.4, -0.2) is 58.0 Å². The molecule has 12 heteroatoms. The topological polar surface area (TPSA) is 166 Å². The van der Waals surface area contributed by atoms with Gasteiger partial charge in [-0.1, -0.05) is 121 Å². The zero-order valence-electron chi connectivity index (χ0n) is 37.8. The van der Waals surface area contributed by atoms with Gasteiger partial charge in [0.05, 0.1) is 29.6 Å². The summed E-state index contributed by atoms with van der Waals surface area (Å²) in [7, 11) is 1.31. The molecule has 2 unspecified atom stereocenters. The third-order valence-electron chi connectivity index (χ3n) is 10.8. The maximum Gasteiger partial charge on any atom is 0.328 e. The molecule has 8 aromatic rings. The van der Waals surface area contributed by atoms with E-state index in [1.54, 1.807) is 24.3 Å². The van der Waals surface area contributed by atoms with Crippen molar-refractivity contribution in [1.82, 2.24) is 20.6 Å². The van der Waals surface area contributed by atoms with Crippen LogP contribution in [0.3, 0.4) is 0 Å². The fraction of sp³-hybridized carbons (Fsp3) is 0.123. The minimum Gasteiger partial charge on any atom is -0.489 e. The van der Waals surface area contributed by atoms with Gasteiger partial charge in [0.2, 0.25) is 0 Å². The van der Waals surface area contributed by atoms with Crippen molar-refractivity contribution in [2.75, 3.05) is 7.11 Å². The maximum atomic E-state index is 12.8. The third kappa shape index (κ3) is 14.5. The molecule has 6 aromatic carbocycles. The van der Waals surface area contributed by atoms with E-state index >= 15 is 0 Å². The van der Waals surface area contributed by atoms with Gasteiger partial charge in [-0.25, -0.2) is 9.59 Å². The molecule has 0 bridgehead atoms. The molecule has 12 nitrogen and oxygen atoms in total. The highest BCUT2D eigenvalue weighted by molar-refractivity contribution is 5.97. The highest BCUT2D eigenvalue weighted by Gasteiger charge is 2.24. The molecule has 0 aliphatic heterocycles. The Balaban J connectivity index is 0.000000204. The predicted octanol–water partition coefficient (Wildman–Crippen LogP) is 9.59. The van der Waals surface area contributed by atoms with Crippen molar-refractivity contribution in [3.63, 3.8) is 0 Å². The Morgan fingerprint density at radius 1 is 0.464 bits per heavy atom. The average molecular weight is 919 g/mol. The SMILES string of the molecule is COC(=O)C(Cc1ccccc1)NC(=O)c1ccc(-c2ccc(OCc3ccccc3)cc2)nc1.O=C(NC(Cc1ccccc1)C(=O)O)c1ccc(-c2ccc(OCc3ccccc3)cc2)nc1. The van der Waals surface area contributed by atoms with Crippen molar-refractivity contribution in [3.05, 3.63) is 240 Å². The van der Waals surface area contributed by atoms with E-state index in [2.05, 4.69) is 20.6 Å². The molecule has 0 spiro atoms. The van der Waals surface area contributed by atoms with Gasteiger partial charge in [-0.2, -0.15) is 0 Å². The number of aliphatic carboxylic acids is 1. The van der Waals surface area contributed by atoms with E-state index in [1.165, 1.54) is 19.5 Å². The number of pyridine rings is 2. The van der Waals surface area contributed by atoms with Gasteiger partial charge in [-0.3, -0.25) is 19.6 Å². The molecule has 2 heterocycles. The van der Waals surface area contributed by atoms with E-state index in [1.807, 2.05) is 170 Å². The van der Waals surface area contributed by atoms with Gasteiger partial charge in [0, 0.05) is 36.4 Å². The van der Waals surface area contributed by atoms with Crippen LogP contribution >= 0.6 is 0 Å². The molecule has 69 heavy (non-hydrogen) atoms. The number of carboxylic acid groups (broad SMARTS) is 1. The average Bonchev–Trinajstić information content (AvgIpc) is 3.40. The molecule has 2 atom stereocenters. The minimum absolute atomic E-state index is 0.201. The Morgan fingerprint density at radius 3 is 1.17 bits per heavy atom. The van der Waals surface area contributed by atoms with Crippen molar-refractivity contribution in [2.24, 2.45) is 0 Å². The molecule has 0 saturated heterocycles. The summed E-state index contributed by atoms with van der Waals surface area (Å²) in [5.41, 5.74) is 7.82. The predicted molar refractivity (Wildman–Crippen MR) is 263 cm³/mol. The largest absolute Gasteiger partial charge is 0.489 e. The molecule has 2 amide bonds. The lowest BCUT2D eigenvalue weighted by atomic mass is 10.1. The number of aromatic nitrogens is 2. The first-order valence-corrected chi connectivity index (χ1v) is 22.2. The summed E-state index contributed by atoms with van der Waals surface area (Å²) in [5, 5.41) is 14.8. The van der Waals surface area contributed by atoms with Gasteiger partial charge in [0.15, 0.2) is 0 Å². The van der Waals surface area contributed by atoms with E-state index < -0.39 is 29.9 Å². The van der Waals surface area contributed by atoms with Gasteiger partial charge in [-0.15, -0.1) is 0 Å². The van der Waals surface area contributed by atoms with E-state index in [0.717, 1.165) is 50.6 Å². The number of carbonyl (C=O) groups excluding carboxylic acids is 3. The second-order valence-electron chi connectivity index (χ2n) is 15.8. The second-order valence-corrected chi connectivity index (χ2v) is 15.8. The molecule has 0 radical (unpaired) electrons. The second kappa shape index (κ2) is 24.6. The van der Waals surface area contributed by atoms with Gasteiger partial charge in [0.1, 0.15) is 36.8 Å². The number of rotatable bonds is 18. The van der Waals surface area contributed by atoms with Crippen LogP contribution in [0, 0.1) is 0 Å². The van der Waals surface area contributed by atoms with Crippen LogP contribution in [0.2, 0.25) is 0 Å². The summed E-state index contributed by atoms with van der Waals surface area (Å²) >= 11 is 0. The zero-order valence-corrected chi connectivity index (χ0v) is 37.8. The molecule has 3 N–H and O–H groups in total. The number of carboxylic acids is 1. The number of benzene rings is 6. The van der Waals surface area contributed by atoms with Crippen molar-refractivity contribution in [1.29, 1.82) is 0 Å². The minimum atomic E-state index is -1.09. The molecule has 2 aromatic heterocycles. The smallest absolute Gasteiger partial charge is 0.328 e. The first-order chi connectivity index (χ1) is 33.7. The Hall–Kier alpha value is -8.90. The summed E-state index contributed by atoms with van der Waals surface area (Å²) in [5.74, 6) is -0.938. The van der Waals surface area contributed by atoms with Crippen molar-refractivity contribution in [2.45, 2.75) is 38.1 Å². The Morgan fingerprint density at radius 2 is 0.826 bits per heavy atom. The van der Waals surface area contributed by atoms with Crippen LogP contribution < -0.4 is 20.1 Å². The number of hydrogen-bond acceptors (Lipinski definition) is 9. The zero-order chi connectivity index (χ0) is 48.2. The highest BCUT2D eigenvalue weighted by Crippen LogP contribution is 2.23. The number of nitrogens with zero attached hydrogens (tertiary/aromatic N) is 2. The molecule has 0 aliphatic carbocycles. The lowest BCUT2D eigenvalue weighted by Crippen LogP contribution is -2.43. The lowest BCUT2D eigenvalue weighted by Gasteiger charge is -2.16. The summed E-state index contributed by atoms with van der Waals surface area (Å²) < 4.78 is 16.5. The summed E-state index contributed by atoms with van der Waals surface area (Å²) in [6.07, 6.45) is 3.49. The standard InChI is InChI=1S/C29H26N2O4.C28H24N2O4/c1-34-29(33)27(18-21-8-4-2-5-9-21)31-28(32)24-14-17-26(30-19-24)23-12-15-25(16-13-23)35-20-22-10-6-3-7-11-22;31-27(30-26(28(32)33)17-20-7-3-1-4-8-20)23-13-16-25(29-18-23)22-11-14-24(15-12-22)34-19-21-9-5-2-6-10-21/h2-17,19,27H,18,20H2,1H3,(H,31,32);1-16,18,26H,17,19H2,(H,30,31)(H,32,33). The fourth-order valence-electron chi connectivity index (χ4n) is 7.04. The van der Waals surface area contributed by atoms with Gasteiger partial charge in [-0.05, 0) is 95.1 Å². The molecular weight excluding hydrogens is 869 g/mol. The van der Waals surface area contributed by atoms with Crippen molar-refractivity contribution >= 4 is 23.8 Å². The number of amides is 2. The maximum absolute atomic E-state index is 12.8. The number of hydrogen-bond donors (Lipinski definition) is 3. The normalized spacial score (nSPS) is 11.4. The molecule has 0 fully saturated rings. The summed E-state index contributed by atoms with van der Waals surface area (Å²) in [6, 6.07) is 58.8. The Labute approximate surface area is 400 Å². The molecular formula is C57H50N4O8. The number of nitrogens with one attached hydrogen (secondary N) is 2. The molecule has 346 valence electrons. The number of methoxy groups -OCH3 is 1. The number of carbonyl (C=O) groups is 4. The van der Waals surface area contributed by atoms with E-state index in [-0.39, 0.29) is 12.3 Å². The van der Waals surface area contributed by atoms with Crippen LogP contribution in [0.15, 0.2) is 207 Å². The van der Waals surface area contributed by atoms with Crippen molar-refractivity contribution < 1.29 is 38.5 Å². The highest BCUT2D eigenvalue weighted by atomic mass is 16.5. The van der Waals surface area contributed by atoms with E-state index in [0.29, 0.717) is 36.5 Å². The first kappa shape index (κ1) is 48.0. The summed E-state index contributed by atoms with van der Waals surface area (Å²) in [4.78, 5) is 58.0. The number of ether oxygens (including phenoxy) is 3. The molecule has 8 rings (SSSR count). The van der Waals surface area contributed by atoms with E-state index in [9.17, 15) is 24.3 Å². The molecule has 0 aliphatic rings. The van der Waals surface area contributed by atoms with Crippen LogP contribution in [0.1, 0.15) is 43.0 Å². The van der Waals surface area contributed by atoms with Crippen LogP contribution in [0.4, 0.5) is 0 Å².